The molecule has 2 heterocycles. The van der Waals surface area contributed by atoms with Crippen LogP contribution < -0.4 is 4.90 Å². The van der Waals surface area contributed by atoms with E-state index in [0.717, 1.165) is 21.6 Å². The highest BCUT2D eigenvalue weighted by atomic mass is 32.1. The van der Waals surface area contributed by atoms with E-state index in [1.54, 1.807) is 6.33 Å². The monoisotopic (exact) mass is 347 g/mol. The summed E-state index contributed by atoms with van der Waals surface area (Å²) in [5.41, 5.74) is 0.930. The van der Waals surface area contributed by atoms with Crippen LogP contribution in [0, 0.1) is 6.92 Å². The van der Waals surface area contributed by atoms with Gasteiger partial charge in [-0.1, -0.05) is 19.3 Å². The first-order valence-corrected chi connectivity index (χ1v) is 9.48. The van der Waals surface area contributed by atoms with Crippen molar-refractivity contribution >= 4 is 33.3 Å². The largest absolute Gasteiger partial charge is 0.459 e. The third-order valence-electron chi connectivity index (χ3n) is 4.69. The number of hydrogen-bond acceptors (Lipinski definition) is 6. The van der Waals surface area contributed by atoms with Crippen LogP contribution in [0.5, 0.6) is 0 Å². The van der Waals surface area contributed by atoms with Crippen LogP contribution in [-0.4, -0.2) is 35.1 Å². The molecule has 24 heavy (non-hydrogen) atoms. The first-order chi connectivity index (χ1) is 11.5. The van der Waals surface area contributed by atoms with Gasteiger partial charge in [-0.2, -0.15) is 0 Å². The van der Waals surface area contributed by atoms with Crippen molar-refractivity contribution in [3.05, 3.63) is 16.8 Å². The lowest BCUT2D eigenvalue weighted by molar-refractivity contribution is 0.0383. The highest BCUT2D eigenvalue weighted by Gasteiger charge is 2.25. The highest BCUT2D eigenvalue weighted by molar-refractivity contribution is 7.20. The van der Waals surface area contributed by atoms with Crippen molar-refractivity contribution in [3.63, 3.8) is 0 Å². The normalized spacial score (nSPS) is 15.9. The van der Waals surface area contributed by atoms with Crippen LogP contribution >= 0.6 is 11.3 Å². The van der Waals surface area contributed by atoms with E-state index in [4.69, 9.17) is 4.74 Å². The maximum absolute atomic E-state index is 12.4. The van der Waals surface area contributed by atoms with Crippen LogP contribution in [0.4, 0.5) is 5.82 Å². The first-order valence-electron chi connectivity index (χ1n) is 8.67. The molecular formula is C18H25N3O2S. The molecule has 1 aliphatic rings. The van der Waals surface area contributed by atoms with Crippen LogP contribution in [0.3, 0.4) is 0 Å². The van der Waals surface area contributed by atoms with Gasteiger partial charge in [0.05, 0.1) is 11.5 Å². The van der Waals surface area contributed by atoms with Gasteiger partial charge >= 0.3 is 5.97 Å². The van der Waals surface area contributed by atoms with Crippen molar-refractivity contribution < 1.29 is 9.53 Å². The van der Waals surface area contributed by atoms with Gasteiger partial charge in [-0.05, 0) is 39.2 Å². The summed E-state index contributed by atoms with van der Waals surface area (Å²) < 4.78 is 5.37. The quantitative estimate of drug-likeness (QED) is 0.770. The van der Waals surface area contributed by atoms with Gasteiger partial charge in [-0.3, -0.25) is 0 Å². The van der Waals surface area contributed by atoms with Crippen LogP contribution in [0.1, 0.15) is 61.2 Å². The summed E-state index contributed by atoms with van der Waals surface area (Å²) in [7, 11) is 2.11. The summed E-state index contributed by atoms with van der Waals surface area (Å²) in [6.07, 6.45) is 7.75. The predicted octanol–water partition coefficient (Wildman–Crippen LogP) is 4.33. The smallest absolute Gasteiger partial charge is 0.348 e. The van der Waals surface area contributed by atoms with E-state index in [-0.39, 0.29) is 12.1 Å². The summed E-state index contributed by atoms with van der Waals surface area (Å²) in [5.74, 6) is 0.668. The second-order valence-electron chi connectivity index (χ2n) is 6.79. The highest BCUT2D eigenvalue weighted by Crippen LogP contribution is 2.37. The number of aromatic nitrogens is 2. The van der Waals surface area contributed by atoms with Crippen molar-refractivity contribution in [2.24, 2.45) is 0 Å². The molecule has 5 nitrogen and oxygen atoms in total. The van der Waals surface area contributed by atoms with Crippen LogP contribution in [-0.2, 0) is 4.74 Å². The Morgan fingerprint density at radius 1 is 1.29 bits per heavy atom. The molecule has 130 valence electrons. The zero-order valence-electron chi connectivity index (χ0n) is 14.8. The minimum atomic E-state index is -0.267. The second kappa shape index (κ2) is 7.05. The Labute approximate surface area is 147 Å². The van der Waals surface area contributed by atoms with Crippen molar-refractivity contribution in [2.45, 2.75) is 65.0 Å². The minimum absolute atomic E-state index is 0.127. The fraction of sp³-hybridized carbons (Fsp3) is 0.611. The fourth-order valence-corrected chi connectivity index (χ4v) is 4.45. The molecule has 1 saturated carbocycles. The number of nitrogens with zero attached hydrogens (tertiary/aromatic N) is 3. The van der Waals surface area contributed by atoms with Gasteiger partial charge in [-0.25, -0.2) is 14.8 Å². The third-order valence-corrected chi connectivity index (χ3v) is 5.87. The van der Waals surface area contributed by atoms with Crippen LogP contribution in [0.25, 0.3) is 10.2 Å². The maximum Gasteiger partial charge on any atom is 0.348 e. The Kier molecular flexibility index (Phi) is 5.04. The van der Waals surface area contributed by atoms with Gasteiger partial charge in [-0.15, -0.1) is 11.3 Å². The zero-order chi connectivity index (χ0) is 17.3. The number of carbonyl (C=O) groups is 1. The molecule has 0 atom stereocenters. The Morgan fingerprint density at radius 3 is 2.67 bits per heavy atom. The molecule has 0 spiro atoms. The Bertz CT molecular complexity index is 735. The summed E-state index contributed by atoms with van der Waals surface area (Å²) >= 11 is 1.40. The molecular weight excluding hydrogens is 322 g/mol. The average Bonchev–Trinajstić information content (AvgIpc) is 2.92. The number of fused-ring (bicyclic) bond motifs is 1. The van der Waals surface area contributed by atoms with Gasteiger partial charge in [0.15, 0.2) is 0 Å². The zero-order valence-corrected chi connectivity index (χ0v) is 15.7. The minimum Gasteiger partial charge on any atom is -0.459 e. The molecule has 0 aliphatic heterocycles. The van der Waals surface area contributed by atoms with Crippen molar-refractivity contribution in [3.8, 4) is 0 Å². The van der Waals surface area contributed by atoms with E-state index >= 15 is 0 Å². The molecule has 0 radical (unpaired) electrons. The average molecular weight is 347 g/mol. The number of rotatable bonds is 4. The molecule has 0 unspecified atom stereocenters. The summed E-state index contributed by atoms with van der Waals surface area (Å²) in [6.45, 7) is 5.70. The molecule has 1 aliphatic carbocycles. The van der Waals surface area contributed by atoms with Gasteiger partial charge in [0.25, 0.3) is 0 Å². The van der Waals surface area contributed by atoms with E-state index in [1.165, 1.54) is 43.4 Å². The number of anilines is 1. The molecule has 6 heteroatoms. The van der Waals surface area contributed by atoms with Gasteiger partial charge in [0, 0.05) is 13.1 Å². The molecule has 2 aromatic rings. The van der Waals surface area contributed by atoms with Crippen molar-refractivity contribution in [2.75, 3.05) is 11.9 Å². The fourth-order valence-electron chi connectivity index (χ4n) is 3.42. The lowest BCUT2D eigenvalue weighted by Crippen LogP contribution is -2.34. The van der Waals surface area contributed by atoms with Gasteiger partial charge in [0.1, 0.15) is 21.9 Å². The van der Waals surface area contributed by atoms with Crippen LogP contribution in [0.2, 0.25) is 0 Å². The molecule has 0 bridgehead atoms. The SMILES string of the molecule is Cc1c(C(=O)OC(C)C)sc2ncnc(N(C)C3CCCCC3)c12. The summed E-state index contributed by atoms with van der Waals surface area (Å²) in [4.78, 5) is 25.1. The molecule has 0 aromatic carbocycles. The number of aryl methyl sites for hydroxylation is 1. The van der Waals surface area contributed by atoms with E-state index in [0.29, 0.717) is 10.9 Å². The Balaban J connectivity index is 2.00. The standard InChI is InChI=1S/C18H25N3O2S/c1-11(2)23-18(22)15-12(3)14-16(19-10-20-17(14)24-15)21(4)13-8-6-5-7-9-13/h10-11,13H,5-9H2,1-4H3. The number of esters is 1. The molecule has 0 amide bonds. The topological polar surface area (TPSA) is 55.3 Å². The third kappa shape index (κ3) is 3.24. The summed E-state index contributed by atoms with van der Waals surface area (Å²) in [5, 5.41) is 0.992. The Morgan fingerprint density at radius 2 is 2.00 bits per heavy atom. The number of thiophene rings is 1. The lowest BCUT2D eigenvalue weighted by atomic mass is 9.94. The number of hydrogen-bond donors (Lipinski definition) is 0. The molecule has 3 rings (SSSR count). The van der Waals surface area contributed by atoms with E-state index in [1.807, 2.05) is 20.8 Å². The maximum atomic E-state index is 12.4. The second-order valence-corrected chi connectivity index (χ2v) is 7.79. The molecule has 2 aromatic heterocycles. The lowest BCUT2D eigenvalue weighted by Gasteiger charge is -2.32. The first kappa shape index (κ1) is 17.1. The molecule has 0 saturated heterocycles. The van der Waals surface area contributed by atoms with E-state index in [9.17, 15) is 4.79 Å². The number of carbonyl (C=O) groups excluding carboxylic acids is 1. The van der Waals surface area contributed by atoms with Crippen LogP contribution in [0.15, 0.2) is 6.33 Å². The molecule has 1 fully saturated rings. The Hall–Kier alpha value is -1.69. The molecule has 0 N–H and O–H groups in total. The van der Waals surface area contributed by atoms with Crippen molar-refractivity contribution in [1.82, 2.24) is 9.97 Å². The predicted molar refractivity (Wildman–Crippen MR) is 98.0 cm³/mol. The van der Waals surface area contributed by atoms with Gasteiger partial charge < -0.3 is 9.64 Å². The number of ether oxygens (including phenoxy) is 1. The van der Waals surface area contributed by atoms with Crippen molar-refractivity contribution in [1.29, 1.82) is 0 Å². The van der Waals surface area contributed by atoms with Gasteiger partial charge in [0.2, 0.25) is 0 Å². The summed E-state index contributed by atoms with van der Waals surface area (Å²) in [6, 6.07) is 0.516. The van der Waals surface area contributed by atoms with E-state index in [2.05, 4.69) is 21.9 Å². The van der Waals surface area contributed by atoms with E-state index < -0.39 is 0 Å².